The SMILES string of the molecule is COC1=CCc2cnc(Nc3ccc(N4CC5=CN(C)CC5C4)cc3)nc2C1C1CCCC1. The Hall–Kier alpha value is -3.02. The molecule has 2 fully saturated rings. The lowest BCUT2D eigenvalue weighted by Gasteiger charge is -2.29. The molecule has 2 aliphatic heterocycles. The number of anilines is 3. The first-order valence-electron chi connectivity index (χ1n) is 12.3. The Morgan fingerprint density at radius 1 is 1.09 bits per heavy atom. The highest BCUT2D eigenvalue weighted by atomic mass is 16.5. The fourth-order valence-corrected chi connectivity index (χ4v) is 6.22. The van der Waals surface area contributed by atoms with Crippen molar-refractivity contribution in [3.8, 4) is 0 Å². The highest BCUT2D eigenvalue weighted by Gasteiger charge is 2.35. The van der Waals surface area contributed by atoms with E-state index in [0.29, 0.717) is 17.8 Å². The number of hydrogen-bond donors (Lipinski definition) is 1. The molecule has 172 valence electrons. The zero-order chi connectivity index (χ0) is 22.4. The monoisotopic (exact) mass is 443 g/mol. The Morgan fingerprint density at radius 2 is 1.91 bits per heavy atom. The molecular formula is C27H33N5O. The summed E-state index contributed by atoms with van der Waals surface area (Å²) in [6, 6.07) is 8.70. The van der Waals surface area contributed by atoms with Crippen LogP contribution in [0.2, 0.25) is 0 Å². The van der Waals surface area contributed by atoms with Gasteiger partial charge in [-0.3, -0.25) is 0 Å². The minimum atomic E-state index is 0.259. The average Bonchev–Trinajstić information content (AvgIpc) is 3.56. The van der Waals surface area contributed by atoms with Crippen LogP contribution in [-0.4, -0.2) is 48.7 Å². The van der Waals surface area contributed by atoms with E-state index in [9.17, 15) is 0 Å². The minimum Gasteiger partial charge on any atom is -0.501 e. The number of aromatic nitrogens is 2. The van der Waals surface area contributed by atoms with Crippen molar-refractivity contribution in [2.75, 3.05) is 44.0 Å². The molecule has 2 aromatic rings. The summed E-state index contributed by atoms with van der Waals surface area (Å²) < 4.78 is 5.80. The van der Waals surface area contributed by atoms with Gasteiger partial charge < -0.3 is 19.9 Å². The second kappa shape index (κ2) is 8.40. The van der Waals surface area contributed by atoms with Crippen LogP contribution in [0.3, 0.4) is 0 Å². The molecule has 1 aromatic heterocycles. The average molecular weight is 444 g/mol. The van der Waals surface area contributed by atoms with Crippen LogP contribution >= 0.6 is 0 Å². The van der Waals surface area contributed by atoms with E-state index in [4.69, 9.17) is 9.72 Å². The van der Waals surface area contributed by atoms with Gasteiger partial charge in [0.1, 0.15) is 5.76 Å². The van der Waals surface area contributed by atoms with E-state index in [2.05, 4.69) is 63.7 Å². The number of nitrogens with one attached hydrogen (secondary N) is 1. The van der Waals surface area contributed by atoms with Crippen molar-refractivity contribution in [3.05, 3.63) is 65.3 Å². The molecule has 6 heteroatoms. The van der Waals surface area contributed by atoms with Gasteiger partial charge in [-0.05, 0) is 66.7 Å². The number of fused-ring (bicyclic) bond motifs is 2. The fourth-order valence-electron chi connectivity index (χ4n) is 6.22. The van der Waals surface area contributed by atoms with E-state index in [0.717, 1.165) is 43.2 Å². The van der Waals surface area contributed by atoms with E-state index in [1.54, 1.807) is 12.7 Å². The third-order valence-corrected chi connectivity index (χ3v) is 7.85. The van der Waals surface area contributed by atoms with E-state index >= 15 is 0 Å². The van der Waals surface area contributed by atoms with Crippen molar-refractivity contribution in [1.29, 1.82) is 0 Å². The van der Waals surface area contributed by atoms with Gasteiger partial charge in [0, 0.05) is 56.4 Å². The van der Waals surface area contributed by atoms with Crippen LogP contribution in [0.1, 0.15) is 42.9 Å². The maximum atomic E-state index is 5.80. The molecular weight excluding hydrogens is 410 g/mol. The van der Waals surface area contributed by atoms with Crippen LogP contribution in [0.4, 0.5) is 17.3 Å². The molecule has 2 unspecified atom stereocenters. The summed E-state index contributed by atoms with van der Waals surface area (Å²) in [5.74, 6) is 3.31. The van der Waals surface area contributed by atoms with Gasteiger partial charge in [-0.1, -0.05) is 12.8 Å². The molecule has 4 aliphatic rings. The summed E-state index contributed by atoms with van der Waals surface area (Å²) in [5, 5.41) is 3.44. The van der Waals surface area contributed by atoms with Gasteiger partial charge in [-0.15, -0.1) is 0 Å². The van der Waals surface area contributed by atoms with Crippen molar-refractivity contribution >= 4 is 17.3 Å². The predicted octanol–water partition coefficient (Wildman–Crippen LogP) is 4.85. The first-order valence-corrected chi connectivity index (χ1v) is 12.3. The number of ether oxygens (including phenoxy) is 1. The molecule has 33 heavy (non-hydrogen) atoms. The van der Waals surface area contributed by atoms with E-state index in [1.165, 1.54) is 36.9 Å². The van der Waals surface area contributed by atoms with Crippen molar-refractivity contribution in [3.63, 3.8) is 0 Å². The third kappa shape index (κ3) is 3.85. The Bertz CT molecular complexity index is 1090. The Balaban J connectivity index is 1.19. The molecule has 2 aliphatic carbocycles. The number of benzene rings is 1. The Labute approximate surface area is 196 Å². The van der Waals surface area contributed by atoms with Gasteiger partial charge in [0.15, 0.2) is 0 Å². The predicted molar refractivity (Wildman–Crippen MR) is 132 cm³/mol. The Morgan fingerprint density at radius 3 is 2.67 bits per heavy atom. The molecule has 0 radical (unpaired) electrons. The maximum absolute atomic E-state index is 5.80. The second-order valence-corrected chi connectivity index (χ2v) is 10.0. The topological polar surface area (TPSA) is 53.5 Å². The van der Waals surface area contributed by atoms with Gasteiger partial charge in [0.2, 0.25) is 5.95 Å². The maximum Gasteiger partial charge on any atom is 0.227 e. The van der Waals surface area contributed by atoms with Crippen molar-refractivity contribution in [2.45, 2.75) is 38.0 Å². The third-order valence-electron chi connectivity index (χ3n) is 7.85. The lowest BCUT2D eigenvalue weighted by molar-refractivity contribution is 0.232. The van der Waals surface area contributed by atoms with Gasteiger partial charge in [0.25, 0.3) is 0 Å². The van der Waals surface area contributed by atoms with Crippen LogP contribution in [0.15, 0.2) is 54.1 Å². The molecule has 1 saturated heterocycles. The molecule has 1 saturated carbocycles. The number of allylic oxidation sites excluding steroid dienone is 2. The van der Waals surface area contributed by atoms with Gasteiger partial charge in [0.05, 0.1) is 18.7 Å². The first-order chi connectivity index (χ1) is 16.2. The quantitative estimate of drug-likeness (QED) is 0.713. The molecule has 0 bridgehead atoms. The standard InChI is InChI=1S/C27H33N5O/c1-31-14-20-16-32(17-21(20)15-31)23-10-8-22(9-11-23)29-27-28-13-19-7-12-24(33-2)25(26(19)30-27)18-5-3-4-6-18/h8-14,18,21,25H,3-7,15-17H2,1-2H3,(H,28,29,30). The summed E-state index contributed by atoms with van der Waals surface area (Å²) in [5.41, 5.74) is 6.24. The summed E-state index contributed by atoms with van der Waals surface area (Å²) >= 11 is 0. The zero-order valence-electron chi connectivity index (χ0n) is 19.6. The molecule has 1 aromatic carbocycles. The van der Waals surface area contributed by atoms with Gasteiger partial charge >= 0.3 is 0 Å². The van der Waals surface area contributed by atoms with Crippen molar-refractivity contribution in [2.24, 2.45) is 11.8 Å². The Kier molecular flexibility index (Phi) is 5.24. The molecule has 6 nitrogen and oxygen atoms in total. The molecule has 2 atom stereocenters. The van der Waals surface area contributed by atoms with E-state index in [-0.39, 0.29) is 5.92 Å². The number of nitrogens with zero attached hydrogens (tertiary/aromatic N) is 4. The summed E-state index contributed by atoms with van der Waals surface area (Å²) in [7, 11) is 3.96. The summed E-state index contributed by atoms with van der Waals surface area (Å²) in [6.45, 7) is 3.28. The fraction of sp³-hybridized carbons (Fsp3) is 0.481. The van der Waals surface area contributed by atoms with Gasteiger partial charge in [-0.2, -0.15) is 0 Å². The van der Waals surface area contributed by atoms with E-state index in [1.807, 2.05) is 6.20 Å². The summed E-state index contributed by atoms with van der Waals surface area (Å²) in [6.07, 6.45) is 12.5. The highest BCUT2D eigenvalue weighted by Crippen LogP contribution is 2.44. The van der Waals surface area contributed by atoms with Gasteiger partial charge in [-0.25, -0.2) is 9.97 Å². The molecule has 0 amide bonds. The van der Waals surface area contributed by atoms with Crippen molar-refractivity contribution < 1.29 is 4.74 Å². The number of hydrogen-bond acceptors (Lipinski definition) is 6. The zero-order valence-corrected chi connectivity index (χ0v) is 19.6. The molecule has 6 rings (SSSR count). The minimum absolute atomic E-state index is 0.259. The molecule has 1 N–H and O–H groups in total. The second-order valence-electron chi connectivity index (χ2n) is 10.0. The van der Waals surface area contributed by atoms with Crippen LogP contribution in [0, 0.1) is 11.8 Å². The smallest absolute Gasteiger partial charge is 0.227 e. The van der Waals surface area contributed by atoms with Crippen LogP contribution in [-0.2, 0) is 11.2 Å². The normalized spacial score (nSPS) is 24.4. The number of rotatable bonds is 5. The largest absolute Gasteiger partial charge is 0.501 e. The van der Waals surface area contributed by atoms with E-state index < -0.39 is 0 Å². The van der Waals surface area contributed by atoms with Crippen LogP contribution in [0.5, 0.6) is 0 Å². The lowest BCUT2D eigenvalue weighted by atomic mass is 9.81. The molecule has 3 heterocycles. The first kappa shape index (κ1) is 20.6. The van der Waals surface area contributed by atoms with Crippen LogP contribution in [0.25, 0.3) is 0 Å². The van der Waals surface area contributed by atoms with Crippen LogP contribution < -0.4 is 10.2 Å². The lowest BCUT2D eigenvalue weighted by Crippen LogP contribution is -2.23. The van der Waals surface area contributed by atoms with Crippen molar-refractivity contribution in [1.82, 2.24) is 14.9 Å². The summed E-state index contributed by atoms with van der Waals surface area (Å²) in [4.78, 5) is 14.4. The highest BCUT2D eigenvalue weighted by molar-refractivity contribution is 5.61. The molecule has 0 spiro atoms. The number of methoxy groups -OCH3 is 1.